The molecule has 0 spiro atoms. The monoisotopic (exact) mass is 385 g/mol. The number of hydrogen-bond donors (Lipinski definition) is 4. The summed E-state index contributed by atoms with van der Waals surface area (Å²) in [4.78, 5) is 14.5. The van der Waals surface area contributed by atoms with E-state index in [9.17, 15) is 0 Å². The Hall–Kier alpha value is -2.61. The molecule has 8 nitrogen and oxygen atoms in total. The van der Waals surface area contributed by atoms with E-state index in [-0.39, 0.29) is 0 Å². The lowest BCUT2D eigenvalue weighted by Crippen LogP contribution is -2.38. The quantitative estimate of drug-likeness (QED) is 0.495. The molecule has 1 saturated heterocycles. The molecule has 1 aliphatic heterocycles. The molecule has 0 aliphatic carbocycles. The van der Waals surface area contributed by atoms with Gasteiger partial charge in [0.1, 0.15) is 5.65 Å². The average Bonchev–Trinajstić information content (AvgIpc) is 3.15. The average molecular weight is 386 g/mol. The SMILES string of the molecule is CCOc1nc(N/C(C=N)=C(\C)NCCN2CCCC(C)C2)nc2[nH]ccc12. The second-order valence-electron chi connectivity index (χ2n) is 7.31. The zero-order valence-corrected chi connectivity index (χ0v) is 17.0. The maximum atomic E-state index is 7.77. The number of aromatic nitrogens is 3. The van der Waals surface area contributed by atoms with Gasteiger partial charge in [-0.1, -0.05) is 6.92 Å². The van der Waals surface area contributed by atoms with Crippen molar-refractivity contribution in [3.05, 3.63) is 23.7 Å². The van der Waals surface area contributed by atoms with Crippen LogP contribution in [0.1, 0.15) is 33.6 Å². The fraction of sp³-hybridized carbons (Fsp3) is 0.550. The molecule has 1 unspecified atom stereocenters. The van der Waals surface area contributed by atoms with Crippen molar-refractivity contribution >= 4 is 23.2 Å². The van der Waals surface area contributed by atoms with E-state index in [0.717, 1.165) is 30.1 Å². The lowest BCUT2D eigenvalue weighted by Gasteiger charge is -2.30. The van der Waals surface area contributed by atoms with Gasteiger partial charge in [0.05, 0.1) is 17.7 Å². The van der Waals surface area contributed by atoms with Gasteiger partial charge in [-0.2, -0.15) is 9.97 Å². The van der Waals surface area contributed by atoms with E-state index < -0.39 is 0 Å². The number of allylic oxidation sites excluding steroid dienone is 2. The Labute approximate surface area is 166 Å². The lowest BCUT2D eigenvalue weighted by molar-refractivity contribution is 0.186. The normalized spacial score (nSPS) is 18.6. The van der Waals surface area contributed by atoms with Crippen LogP contribution in [-0.2, 0) is 0 Å². The Bertz CT molecular complexity index is 829. The van der Waals surface area contributed by atoms with E-state index in [1.54, 1.807) is 0 Å². The molecular formula is C20H31N7O. The molecule has 0 aromatic carbocycles. The predicted molar refractivity (Wildman–Crippen MR) is 113 cm³/mol. The molecule has 8 heteroatoms. The summed E-state index contributed by atoms with van der Waals surface area (Å²) >= 11 is 0. The number of nitrogens with one attached hydrogen (secondary N) is 4. The molecule has 2 aromatic heterocycles. The number of nitrogens with zero attached hydrogens (tertiary/aromatic N) is 3. The minimum absolute atomic E-state index is 0.405. The summed E-state index contributed by atoms with van der Waals surface area (Å²) < 4.78 is 5.63. The fourth-order valence-corrected chi connectivity index (χ4v) is 3.56. The standard InChI is InChI=1S/C20H31N7O/c1-4-28-19-16-7-8-23-18(16)25-20(26-19)24-17(12-21)15(3)22-9-11-27-10-5-6-14(2)13-27/h7-8,12,14,21-22H,4-6,9-11,13H2,1-3H3,(H2,23,24,25,26)/b17-15+,21-12?. The van der Waals surface area contributed by atoms with Crippen LogP contribution < -0.4 is 15.4 Å². The van der Waals surface area contributed by atoms with Crippen LogP contribution in [0, 0.1) is 11.3 Å². The van der Waals surface area contributed by atoms with Crippen LogP contribution in [0.15, 0.2) is 23.7 Å². The number of aromatic amines is 1. The van der Waals surface area contributed by atoms with Crippen LogP contribution >= 0.6 is 0 Å². The fourth-order valence-electron chi connectivity index (χ4n) is 3.56. The van der Waals surface area contributed by atoms with E-state index in [0.29, 0.717) is 29.8 Å². The molecule has 1 fully saturated rings. The van der Waals surface area contributed by atoms with Crippen LogP contribution in [0.3, 0.4) is 0 Å². The van der Waals surface area contributed by atoms with Crippen LogP contribution in [0.5, 0.6) is 5.88 Å². The molecule has 0 amide bonds. The number of likely N-dealkylation sites (tertiary alicyclic amines) is 1. The van der Waals surface area contributed by atoms with Gasteiger partial charge in [-0.3, -0.25) is 0 Å². The van der Waals surface area contributed by atoms with Gasteiger partial charge in [0.15, 0.2) is 0 Å². The van der Waals surface area contributed by atoms with Gasteiger partial charge in [0, 0.05) is 37.7 Å². The van der Waals surface area contributed by atoms with Crippen LogP contribution in [0.25, 0.3) is 11.0 Å². The predicted octanol–water partition coefficient (Wildman–Crippen LogP) is 2.97. The number of hydrogen-bond acceptors (Lipinski definition) is 7. The van der Waals surface area contributed by atoms with Gasteiger partial charge in [-0.25, -0.2) is 0 Å². The highest BCUT2D eigenvalue weighted by Crippen LogP contribution is 2.23. The van der Waals surface area contributed by atoms with E-state index in [1.165, 1.54) is 32.1 Å². The van der Waals surface area contributed by atoms with Crippen molar-refractivity contribution in [1.29, 1.82) is 5.41 Å². The molecular weight excluding hydrogens is 354 g/mol. The lowest BCUT2D eigenvalue weighted by atomic mass is 10.0. The van der Waals surface area contributed by atoms with E-state index >= 15 is 0 Å². The Morgan fingerprint density at radius 1 is 1.46 bits per heavy atom. The Kier molecular flexibility index (Phi) is 6.86. The highest BCUT2D eigenvalue weighted by molar-refractivity contribution is 5.84. The zero-order valence-electron chi connectivity index (χ0n) is 17.0. The number of rotatable bonds is 9. The van der Waals surface area contributed by atoms with Gasteiger partial charge in [0.2, 0.25) is 11.8 Å². The molecule has 3 heterocycles. The van der Waals surface area contributed by atoms with Crippen molar-refractivity contribution in [3.63, 3.8) is 0 Å². The Balaban J connectivity index is 1.65. The first-order valence-electron chi connectivity index (χ1n) is 10.0. The highest BCUT2D eigenvalue weighted by atomic mass is 16.5. The van der Waals surface area contributed by atoms with Crippen molar-refractivity contribution in [2.75, 3.05) is 38.1 Å². The number of fused-ring (bicyclic) bond motifs is 1. The number of H-pyrrole nitrogens is 1. The first kappa shape index (κ1) is 20.1. The maximum Gasteiger partial charge on any atom is 0.232 e. The molecule has 3 rings (SSSR count). The first-order chi connectivity index (χ1) is 13.6. The van der Waals surface area contributed by atoms with Gasteiger partial charge in [-0.15, -0.1) is 0 Å². The van der Waals surface area contributed by atoms with Crippen LogP contribution in [0.2, 0.25) is 0 Å². The van der Waals surface area contributed by atoms with Gasteiger partial charge in [-0.05, 0) is 45.2 Å². The second-order valence-corrected chi connectivity index (χ2v) is 7.31. The number of piperidine rings is 1. The summed E-state index contributed by atoms with van der Waals surface area (Å²) in [5.41, 5.74) is 2.24. The highest BCUT2D eigenvalue weighted by Gasteiger charge is 2.15. The van der Waals surface area contributed by atoms with Gasteiger partial charge >= 0.3 is 0 Å². The Morgan fingerprint density at radius 2 is 2.32 bits per heavy atom. The molecule has 0 bridgehead atoms. The van der Waals surface area contributed by atoms with Crippen molar-refractivity contribution in [3.8, 4) is 5.88 Å². The van der Waals surface area contributed by atoms with Crippen LogP contribution in [0.4, 0.5) is 5.95 Å². The van der Waals surface area contributed by atoms with Crippen molar-refractivity contribution < 1.29 is 4.74 Å². The van der Waals surface area contributed by atoms with Gasteiger partial charge in [0.25, 0.3) is 0 Å². The molecule has 1 aliphatic rings. The topological polar surface area (TPSA) is 102 Å². The minimum atomic E-state index is 0.405. The molecule has 1 atom stereocenters. The summed E-state index contributed by atoms with van der Waals surface area (Å²) in [6, 6.07) is 1.89. The van der Waals surface area contributed by atoms with Gasteiger partial charge < -0.3 is 30.7 Å². The summed E-state index contributed by atoms with van der Waals surface area (Å²) in [5.74, 6) is 1.72. The molecule has 152 valence electrons. The summed E-state index contributed by atoms with van der Waals surface area (Å²) in [6.07, 6.45) is 5.71. The minimum Gasteiger partial charge on any atom is -0.477 e. The third-order valence-corrected chi connectivity index (χ3v) is 5.02. The second kappa shape index (κ2) is 9.54. The third-order valence-electron chi connectivity index (χ3n) is 5.02. The number of ether oxygens (including phenoxy) is 1. The van der Waals surface area contributed by atoms with E-state index in [4.69, 9.17) is 10.1 Å². The van der Waals surface area contributed by atoms with Crippen molar-refractivity contribution in [2.24, 2.45) is 5.92 Å². The summed E-state index contributed by atoms with van der Waals surface area (Å²) in [6.45, 7) is 10.9. The Morgan fingerprint density at radius 3 is 3.07 bits per heavy atom. The van der Waals surface area contributed by atoms with Crippen molar-refractivity contribution in [1.82, 2.24) is 25.2 Å². The molecule has 4 N–H and O–H groups in total. The van der Waals surface area contributed by atoms with Crippen molar-refractivity contribution in [2.45, 2.75) is 33.6 Å². The smallest absolute Gasteiger partial charge is 0.232 e. The molecule has 28 heavy (non-hydrogen) atoms. The maximum absolute atomic E-state index is 7.77. The largest absolute Gasteiger partial charge is 0.477 e. The third kappa shape index (κ3) is 5.01. The number of anilines is 1. The van der Waals surface area contributed by atoms with E-state index in [1.807, 2.05) is 26.1 Å². The molecule has 0 radical (unpaired) electrons. The summed E-state index contributed by atoms with van der Waals surface area (Å²) in [7, 11) is 0. The van der Waals surface area contributed by atoms with Crippen LogP contribution in [-0.4, -0.2) is 58.9 Å². The first-order valence-corrected chi connectivity index (χ1v) is 10.0. The molecule has 0 saturated carbocycles. The van der Waals surface area contributed by atoms with E-state index in [2.05, 4.69) is 37.4 Å². The zero-order chi connectivity index (χ0) is 19.9. The molecule has 2 aromatic rings. The summed E-state index contributed by atoms with van der Waals surface area (Å²) in [5, 5.41) is 15.2.